The van der Waals surface area contributed by atoms with Gasteiger partial charge in [0.05, 0.1) is 10.7 Å². The summed E-state index contributed by atoms with van der Waals surface area (Å²) < 4.78 is 6.57. The molecule has 0 aliphatic carbocycles. The molecular formula is C16H14BrCl2NO2. The quantitative estimate of drug-likeness (QED) is 0.744. The summed E-state index contributed by atoms with van der Waals surface area (Å²) in [6.45, 7) is 3.78. The minimum absolute atomic E-state index is 0.106. The molecule has 0 radical (unpaired) electrons. The fourth-order valence-electron chi connectivity index (χ4n) is 1.83. The minimum atomic E-state index is -0.302. The standard InChI is InChI=1S/C16H14BrCl2NO2/c1-9-6-15(10(2)5-12(9)17)22-8-16(21)20-14-7-11(18)3-4-13(14)19/h3-7H,8H2,1-2H3,(H,20,21). The van der Waals surface area contributed by atoms with Gasteiger partial charge >= 0.3 is 0 Å². The van der Waals surface area contributed by atoms with Crippen LogP contribution in [0.3, 0.4) is 0 Å². The number of benzene rings is 2. The number of anilines is 1. The van der Waals surface area contributed by atoms with Crippen LogP contribution in [-0.2, 0) is 4.79 Å². The Morgan fingerprint density at radius 3 is 2.64 bits per heavy atom. The smallest absolute Gasteiger partial charge is 0.262 e. The highest BCUT2D eigenvalue weighted by atomic mass is 79.9. The van der Waals surface area contributed by atoms with Gasteiger partial charge in [-0.05, 0) is 55.3 Å². The van der Waals surface area contributed by atoms with E-state index in [0.29, 0.717) is 21.5 Å². The van der Waals surface area contributed by atoms with Crippen LogP contribution in [0.4, 0.5) is 5.69 Å². The van der Waals surface area contributed by atoms with Gasteiger partial charge in [-0.1, -0.05) is 39.1 Å². The second-order valence-electron chi connectivity index (χ2n) is 4.83. The van der Waals surface area contributed by atoms with Crippen molar-refractivity contribution < 1.29 is 9.53 Å². The average molecular weight is 403 g/mol. The van der Waals surface area contributed by atoms with Gasteiger partial charge in [0.1, 0.15) is 5.75 Å². The van der Waals surface area contributed by atoms with E-state index >= 15 is 0 Å². The topological polar surface area (TPSA) is 38.3 Å². The van der Waals surface area contributed by atoms with Gasteiger partial charge in [0.25, 0.3) is 5.91 Å². The number of nitrogens with one attached hydrogen (secondary N) is 1. The molecular weight excluding hydrogens is 389 g/mol. The molecule has 0 aliphatic heterocycles. The fraction of sp³-hybridized carbons (Fsp3) is 0.188. The van der Waals surface area contributed by atoms with Crippen LogP contribution < -0.4 is 10.1 Å². The van der Waals surface area contributed by atoms with Crippen molar-refractivity contribution in [1.29, 1.82) is 0 Å². The monoisotopic (exact) mass is 401 g/mol. The average Bonchev–Trinajstić information content (AvgIpc) is 2.45. The van der Waals surface area contributed by atoms with E-state index in [0.717, 1.165) is 15.6 Å². The van der Waals surface area contributed by atoms with Crippen LogP contribution in [-0.4, -0.2) is 12.5 Å². The van der Waals surface area contributed by atoms with Gasteiger partial charge in [-0.25, -0.2) is 0 Å². The summed E-state index contributed by atoms with van der Waals surface area (Å²) in [7, 11) is 0. The molecule has 3 nitrogen and oxygen atoms in total. The highest BCUT2D eigenvalue weighted by molar-refractivity contribution is 9.10. The summed E-state index contributed by atoms with van der Waals surface area (Å²) in [5, 5.41) is 3.60. The van der Waals surface area contributed by atoms with Gasteiger partial charge in [-0.2, -0.15) is 0 Å². The van der Waals surface area contributed by atoms with E-state index in [4.69, 9.17) is 27.9 Å². The number of aryl methyl sites for hydroxylation is 2. The molecule has 0 saturated carbocycles. The van der Waals surface area contributed by atoms with E-state index in [1.165, 1.54) is 0 Å². The first kappa shape index (κ1) is 17.1. The van der Waals surface area contributed by atoms with Gasteiger partial charge in [-0.3, -0.25) is 4.79 Å². The maximum absolute atomic E-state index is 12.0. The van der Waals surface area contributed by atoms with Crippen LogP contribution >= 0.6 is 39.1 Å². The number of halogens is 3. The maximum Gasteiger partial charge on any atom is 0.262 e. The molecule has 6 heteroatoms. The van der Waals surface area contributed by atoms with E-state index in [1.807, 2.05) is 26.0 Å². The van der Waals surface area contributed by atoms with Gasteiger partial charge < -0.3 is 10.1 Å². The molecule has 0 atom stereocenters. The molecule has 0 saturated heterocycles. The zero-order valence-electron chi connectivity index (χ0n) is 12.0. The van der Waals surface area contributed by atoms with Crippen LogP contribution in [0.15, 0.2) is 34.8 Å². The van der Waals surface area contributed by atoms with E-state index in [1.54, 1.807) is 18.2 Å². The van der Waals surface area contributed by atoms with E-state index in [-0.39, 0.29) is 12.5 Å². The number of amides is 1. The van der Waals surface area contributed by atoms with Crippen molar-refractivity contribution in [1.82, 2.24) is 0 Å². The zero-order chi connectivity index (χ0) is 16.3. The third-order valence-corrected chi connectivity index (χ3v) is 4.44. The van der Waals surface area contributed by atoms with Crippen LogP contribution in [0, 0.1) is 13.8 Å². The van der Waals surface area contributed by atoms with Crippen molar-refractivity contribution in [3.05, 3.63) is 56.0 Å². The Kier molecular flexibility index (Phi) is 5.73. The Morgan fingerprint density at radius 1 is 1.18 bits per heavy atom. The minimum Gasteiger partial charge on any atom is -0.483 e. The zero-order valence-corrected chi connectivity index (χ0v) is 15.1. The Morgan fingerprint density at radius 2 is 1.91 bits per heavy atom. The largest absolute Gasteiger partial charge is 0.483 e. The molecule has 0 heterocycles. The fourth-order valence-corrected chi connectivity index (χ4v) is 2.63. The normalized spacial score (nSPS) is 10.4. The third kappa shape index (κ3) is 4.38. The summed E-state index contributed by atoms with van der Waals surface area (Å²) in [5.41, 5.74) is 2.46. The van der Waals surface area contributed by atoms with Crippen molar-refractivity contribution in [2.45, 2.75) is 13.8 Å². The first-order valence-corrected chi connectivity index (χ1v) is 8.06. The second-order valence-corrected chi connectivity index (χ2v) is 6.53. The predicted molar refractivity (Wildman–Crippen MR) is 94.2 cm³/mol. The molecule has 0 aliphatic rings. The van der Waals surface area contributed by atoms with Crippen molar-refractivity contribution in [3.63, 3.8) is 0 Å². The number of rotatable bonds is 4. The number of carbonyl (C=O) groups is 1. The Hall–Kier alpha value is -1.23. The molecule has 2 aromatic rings. The summed E-state index contributed by atoms with van der Waals surface area (Å²) >= 11 is 15.3. The molecule has 1 N–H and O–H groups in total. The summed E-state index contributed by atoms with van der Waals surface area (Å²) in [6, 6.07) is 8.72. The summed E-state index contributed by atoms with van der Waals surface area (Å²) in [6.07, 6.45) is 0. The SMILES string of the molecule is Cc1cc(OCC(=O)Nc2cc(Cl)ccc2Cl)c(C)cc1Br. The molecule has 0 fully saturated rings. The van der Waals surface area contributed by atoms with E-state index in [9.17, 15) is 4.79 Å². The van der Waals surface area contributed by atoms with Crippen LogP contribution in [0.25, 0.3) is 0 Å². The van der Waals surface area contributed by atoms with Gasteiger partial charge in [-0.15, -0.1) is 0 Å². The maximum atomic E-state index is 12.0. The third-order valence-electron chi connectivity index (χ3n) is 3.02. The van der Waals surface area contributed by atoms with Gasteiger partial charge in [0, 0.05) is 9.50 Å². The first-order chi connectivity index (χ1) is 10.4. The van der Waals surface area contributed by atoms with Crippen molar-refractivity contribution in [2.75, 3.05) is 11.9 Å². The predicted octanol–water partition coefficient (Wildman–Crippen LogP) is 5.39. The highest BCUT2D eigenvalue weighted by Crippen LogP contribution is 2.27. The number of ether oxygens (including phenoxy) is 1. The molecule has 2 aromatic carbocycles. The lowest BCUT2D eigenvalue weighted by Crippen LogP contribution is -2.20. The number of hydrogen-bond donors (Lipinski definition) is 1. The van der Waals surface area contributed by atoms with Gasteiger partial charge in [0.2, 0.25) is 0 Å². The lowest BCUT2D eigenvalue weighted by atomic mass is 10.1. The molecule has 2 rings (SSSR count). The second kappa shape index (κ2) is 7.36. The van der Waals surface area contributed by atoms with Crippen molar-refractivity contribution in [2.24, 2.45) is 0 Å². The van der Waals surface area contributed by atoms with Crippen molar-refractivity contribution >= 4 is 50.7 Å². The Bertz CT molecular complexity index is 720. The lowest BCUT2D eigenvalue weighted by molar-refractivity contribution is -0.118. The summed E-state index contributed by atoms with van der Waals surface area (Å²) in [5.74, 6) is 0.372. The van der Waals surface area contributed by atoms with Crippen LogP contribution in [0.5, 0.6) is 5.75 Å². The molecule has 0 aromatic heterocycles. The molecule has 0 spiro atoms. The van der Waals surface area contributed by atoms with Gasteiger partial charge in [0.15, 0.2) is 6.61 Å². The Labute approximate surface area is 147 Å². The highest BCUT2D eigenvalue weighted by Gasteiger charge is 2.09. The molecule has 116 valence electrons. The van der Waals surface area contributed by atoms with Crippen molar-refractivity contribution in [3.8, 4) is 5.75 Å². The van der Waals surface area contributed by atoms with E-state index < -0.39 is 0 Å². The first-order valence-electron chi connectivity index (χ1n) is 6.51. The summed E-state index contributed by atoms with van der Waals surface area (Å²) in [4.78, 5) is 12.0. The van der Waals surface area contributed by atoms with E-state index in [2.05, 4.69) is 21.2 Å². The lowest BCUT2D eigenvalue weighted by Gasteiger charge is -2.12. The molecule has 0 bridgehead atoms. The molecule has 0 unspecified atom stereocenters. The Balaban J connectivity index is 2.01. The van der Waals surface area contributed by atoms with Crippen LogP contribution in [0.2, 0.25) is 10.0 Å². The van der Waals surface area contributed by atoms with Crippen LogP contribution in [0.1, 0.15) is 11.1 Å². The molecule has 22 heavy (non-hydrogen) atoms. The molecule has 1 amide bonds. The number of carbonyl (C=O) groups excluding carboxylic acids is 1. The number of hydrogen-bond acceptors (Lipinski definition) is 2.